The Kier molecular flexibility index (Phi) is 8.30. The van der Waals surface area contributed by atoms with Gasteiger partial charge in [0.25, 0.3) is 0 Å². The molecule has 1 aliphatic heterocycles. The summed E-state index contributed by atoms with van der Waals surface area (Å²) in [7, 11) is 0. The molecule has 0 atom stereocenters. The molecule has 1 fully saturated rings. The van der Waals surface area contributed by atoms with E-state index in [0.717, 1.165) is 42.1 Å². The first-order valence-corrected chi connectivity index (χ1v) is 11.1. The van der Waals surface area contributed by atoms with Crippen LogP contribution in [0.3, 0.4) is 0 Å². The number of nitriles is 1. The first kappa shape index (κ1) is 21.9. The molecule has 1 aliphatic rings. The minimum Gasteiger partial charge on any atom is -0.352 e. The van der Waals surface area contributed by atoms with Crippen molar-refractivity contribution in [3.8, 4) is 6.07 Å². The van der Waals surface area contributed by atoms with Crippen molar-refractivity contribution in [2.75, 3.05) is 30.7 Å². The molecular formula is C23H26N4O2S. The number of carbonyl (C=O) groups excluding carboxylic acids is 2. The molecule has 0 radical (unpaired) electrons. The summed E-state index contributed by atoms with van der Waals surface area (Å²) < 4.78 is 0. The number of nitrogens with one attached hydrogen (secondary N) is 2. The summed E-state index contributed by atoms with van der Waals surface area (Å²) >= 11 is 1.41. The third-order valence-electron chi connectivity index (χ3n) is 5.09. The lowest BCUT2D eigenvalue weighted by atomic mass is 9.96. The topological polar surface area (TPSA) is 85.2 Å². The van der Waals surface area contributed by atoms with Crippen LogP contribution in [0.1, 0.15) is 18.4 Å². The van der Waals surface area contributed by atoms with Gasteiger partial charge >= 0.3 is 0 Å². The molecule has 3 rings (SSSR count). The number of nitrogens with zero attached hydrogens (tertiary/aromatic N) is 2. The van der Waals surface area contributed by atoms with Crippen LogP contribution in [0.2, 0.25) is 0 Å². The number of carbonyl (C=O) groups is 2. The fourth-order valence-electron chi connectivity index (χ4n) is 3.48. The molecule has 0 aromatic heterocycles. The fourth-order valence-corrected chi connectivity index (χ4v) is 4.15. The van der Waals surface area contributed by atoms with Crippen molar-refractivity contribution in [3.63, 3.8) is 0 Å². The van der Waals surface area contributed by atoms with Crippen LogP contribution in [0, 0.1) is 17.2 Å². The molecule has 0 saturated carbocycles. The third-order valence-corrected chi connectivity index (χ3v) is 6.03. The van der Waals surface area contributed by atoms with Crippen LogP contribution >= 0.6 is 11.8 Å². The predicted molar refractivity (Wildman–Crippen MR) is 119 cm³/mol. The Balaban J connectivity index is 1.42. The highest BCUT2D eigenvalue weighted by molar-refractivity contribution is 7.99. The predicted octanol–water partition coefficient (Wildman–Crippen LogP) is 3.27. The maximum Gasteiger partial charge on any atom is 0.238 e. The van der Waals surface area contributed by atoms with Crippen molar-refractivity contribution < 1.29 is 9.59 Å². The molecule has 2 aromatic carbocycles. The molecule has 2 amide bonds. The maximum atomic E-state index is 12.5. The molecule has 0 unspecified atom stereocenters. The van der Waals surface area contributed by atoms with Crippen molar-refractivity contribution in [1.29, 1.82) is 5.26 Å². The first-order valence-electron chi connectivity index (χ1n) is 10.1. The van der Waals surface area contributed by atoms with Gasteiger partial charge in [-0.1, -0.05) is 42.5 Å². The standard InChI is InChI=1S/C23H26N4O2S/c24-12-15-30-21-9-5-4-8-20(21)26-22(28)17-27-13-10-19(11-14-27)23(29)25-16-18-6-2-1-3-7-18/h1-9,19H,10-11,13-17H2,(H,25,29)(H,26,28). The highest BCUT2D eigenvalue weighted by Crippen LogP contribution is 2.26. The molecule has 2 N–H and O–H groups in total. The SMILES string of the molecule is N#CCSc1ccccc1NC(=O)CN1CCC(C(=O)NCc2ccccc2)CC1. The second kappa shape index (κ2) is 11.4. The zero-order valence-corrected chi connectivity index (χ0v) is 17.7. The number of amides is 2. The van der Waals surface area contributed by atoms with E-state index in [1.165, 1.54) is 11.8 Å². The molecule has 156 valence electrons. The Morgan fingerprint density at radius 1 is 1.07 bits per heavy atom. The normalized spacial score (nSPS) is 14.6. The van der Waals surface area contributed by atoms with E-state index in [1.54, 1.807) is 0 Å². The molecule has 6 nitrogen and oxygen atoms in total. The second-order valence-corrected chi connectivity index (χ2v) is 8.26. The van der Waals surface area contributed by atoms with Gasteiger partial charge in [-0.15, -0.1) is 11.8 Å². The van der Waals surface area contributed by atoms with E-state index in [0.29, 0.717) is 18.8 Å². The zero-order valence-electron chi connectivity index (χ0n) is 16.8. The van der Waals surface area contributed by atoms with Gasteiger partial charge in [0.05, 0.1) is 24.1 Å². The summed E-state index contributed by atoms with van der Waals surface area (Å²) in [6, 6.07) is 19.5. The van der Waals surface area contributed by atoms with E-state index in [1.807, 2.05) is 54.6 Å². The van der Waals surface area contributed by atoms with Crippen molar-refractivity contribution in [3.05, 3.63) is 60.2 Å². The van der Waals surface area contributed by atoms with Crippen LogP contribution < -0.4 is 10.6 Å². The van der Waals surface area contributed by atoms with Crippen LogP contribution in [-0.2, 0) is 16.1 Å². The number of hydrogen-bond donors (Lipinski definition) is 2. The van der Waals surface area contributed by atoms with Gasteiger partial charge < -0.3 is 10.6 Å². The lowest BCUT2D eigenvalue weighted by molar-refractivity contribution is -0.126. The minimum atomic E-state index is -0.0769. The van der Waals surface area contributed by atoms with E-state index in [2.05, 4.69) is 21.6 Å². The van der Waals surface area contributed by atoms with Crippen molar-refractivity contribution in [2.45, 2.75) is 24.3 Å². The van der Waals surface area contributed by atoms with Gasteiger partial charge in [0.15, 0.2) is 0 Å². The smallest absolute Gasteiger partial charge is 0.238 e. The van der Waals surface area contributed by atoms with Crippen molar-refractivity contribution >= 4 is 29.3 Å². The van der Waals surface area contributed by atoms with Gasteiger partial charge in [-0.05, 0) is 43.6 Å². The number of hydrogen-bond acceptors (Lipinski definition) is 5. The number of para-hydroxylation sites is 1. The summed E-state index contributed by atoms with van der Waals surface area (Å²) in [5, 5.41) is 14.7. The quantitative estimate of drug-likeness (QED) is 0.638. The van der Waals surface area contributed by atoms with Gasteiger partial charge in [0.2, 0.25) is 11.8 Å². The average molecular weight is 423 g/mol. The van der Waals surface area contributed by atoms with Crippen LogP contribution in [0.5, 0.6) is 0 Å². The van der Waals surface area contributed by atoms with Crippen LogP contribution in [0.4, 0.5) is 5.69 Å². The largest absolute Gasteiger partial charge is 0.352 e. The van der Waals surface area contributed by atoms with Crippen LogP contribution in [-0.4, -0.2) is 42.1 Å². The molecule has 2 aromatic rings. The van der Waals surface area contributed by atoms with Crippen LogP contribution in [0.15, 0.2) is 59.5 Å². The fraction of sp³-hybridized carbons (Fsp3) is 0.348. The minimum absolute atomic E-state index is 0.00358. The monoisotopic (exact) mass is 422 g/mol. The Morgan fingerprint density at radius 2 is 1.77 bits per heavy atom. The van der Waals surface area contributed by atoms with Crippen LogP contribution in [0.25, 0.3) is 0 Å². The molecule has 30 heavy (non-hydrogen) atoms. The zero-order chi connectivity index (χ0) is 21.2. The Hall–Kier alpha value is -2.82. The number of benzene rings is 2. The third kappa shape index (κ3) is 6.61. The second-order valence-electron chi connectivity index (χ2n) is 7.24. The number of thioether (sulfide) groups is 1. The Bertz CT molecular complexity index is 890. The van der Waals surface area contributed by atoms with E-state index in [-0.39, 0.29) is 17.7 Å². The van der Waals surface area contributed by atoms with Crippen molar-refractivity contribution in [2.24, 2.45) is 5.92 Å². The van der Waals surface area contributed by atoms with Crippen molar-refractivity contribution in [1.82, 2.24) is 10.2 Å². The molecular weight excluding hydrogens is 396 g/mol. The molecule has 1 saturated heterocycles. The number of likely N-dealkylation sites (tertiary alicyclic amines) is 1. The highest BCUT2D eigenvalue weighted by atomic mass is 32.2. The van der Waals surface area contributed by atoms with E-state index in [4.69, 9.17) is 5.26 Å². The van der Waals surface area contributed by atoms with Gasteiger partial charge in [0.1, 0.15) is 0 Å². The molecule has 7 heteroatoms. The molecule has 0 aliphatic carbocycles. The lowest BCUT2D eigenvalue weighted by Gasteiger charge is -2.30. The van der Waals surface area contributed by atoms with E-state index in [9.17, 15) is 9.59 Å². The van der Waals surface area contributed by atoms with E-state index >= 15 is 0 Å². The summed E-state index contributed by atoms with van der Waals surface area (Å²) in [5.41, 5.74) is 1.83. The number of rotatable bonds is 8. The number of anilines is 1. The summed E-state index contributed by atoms with van der Waals surface area (Å²) in [6.07, 6.45) is 1.50. The van der Waals surface area contributed by atoms with Gasteiger partial charge in [-0.3, -0.25) is 14.5 Å². The Morgan fingerprint density at radius 3 is 2.50 bits per heavy atom. The lowest BCUT2D eigenvalue weighted by Crippen LogP contribution is -2.43. The maximum absolute atomic E-state index is 12.5. The van der Waals surface area contributed by atoms with E-state index < -0.39 is 0 Å². The molecule has 0 spiro atoms. The summed E-state index contributed by atoms with van der Waals surface area (Å²) in [4.78, 5) is 27.9. The number of piperidine rings is 1. The van der Waals surface area contributed by atoms with Gasteiger partial charge in [-0.25, -0.2) is 0 Å². The first-order chi connectivity index (χ1) is 14.7. The molecule has 1 heterocycles. The Labute approximate surface area is 181 Å². The summed E-state index contributed by atoms with van der Waals surface area (Å²) in [5.74, 6) is 0.349. The highest BCUT2D eigenvalue weighted by Gasteiger charge is 2.25. The molecule has 0 bridgehead atoms. The van der Waals surface area contributed by atoms with Gasteiger partial charge in [0, 0.05) is 17.4 Å². The average Bonchev–Trinajstić information content (AvgIpc) is 2.78. The van der Waals surface area contributed by atoms with Gasteiger partial charge in [-0.2, -0.15) is 5.26 Å². The summed E-state index contributed by atoms with van der Waals surface area (Å²) in [6.45, 7) is 2.30.